The van der Waals surface area contributed by atoms with Crippen LogP contribution in [0.2, 0.25) is 0 Å². The molecule has 2 aliphatic rings. The van der Waals surface area contributed by atoms with Crippen molar-refractivity contribution in [2.45, 2.75) is 32.6 Å². The molecule has 3 unspecified atom stereocenters. The minimum atomic E-state index is -0.657. The predicted molar refractivity (Wildman–Crippen MR) is 149 cm³/mol. The molecule has 0 spiro atoms. The van der Waals surface area contributed by atoms with Gasteiger partial charge in [-0.3, -0.25) is 4.79 Å². The molecule has 0 fully saturated rings. The number of nitrogens with two attached hydrogens (primary N) is 1. The summed E-state index contributed by atoms with van der Waals surface area (Å²) in [4.78, 5) is 25.6. The largest absolute Gasteiger partial charge is 0.497 e. The van der Waals surface area contributed by atoms with Crippen LogP contribution in [0.3, 0.4) is 0 Å². The maximum Gasteiger partial charge on any atom is 0.344 e. The normalized spacial score (nSPS) is 18.2. The van der Waals surface area contributed by atoms with Crippen LogP contribution in [0.25, 0.3) is 0 Å². The van der Waals surface area contributed by atoms with E-state index in [0.29, 0.717) is 34.2 Å². The molecule has 212 valence electrons. The van der Waals surface area contributed by atoms with E-state index in [4.69, 9.17) is 34.2 Å². The third kappa shape index (κ3) is 5.50. The SMILES string of the molecule is CC.CCOC(=O)COc1cc(OC)ccc1C1c2cc(N)ccc2C(c2ccc3c(c2)OCO3)C1C(=O)OC. The second kappa shape index (κ2) is 12.6. The number of ether oxygens (including phenoxy) is 6. The Morgan fingerprint density at radius 1 is 0.900 bits per heavy atom. The first-order valence-electron chi connectivity index (χ1n) is 13.3. The average Bonchev–Trinajstić information content (AvgIpc) is 3.58. The molecular formula is C31H35NO8. The molecule has 1 heterocycles. The Balaban J connectivity index is 0.00000181. The number of rotatable bonds is 8. The highest BCUT2D eigenvalue weighted by Gasteiger charge is 2.48. The van der Waals surface area contributed by atoms with Crippen molar-refractivity contribution in [1.29, 1.82) is 0 Å². The van der Waals surface area contributed by atoms with Gasteiger partial charge in [-0.15, -0.1) is 0 Å². The quantitative estimate of drug-likeness (QED) is 0.305. The van der Waals surface area contributed by atoms with Crippen LogP contribution in [-0.4, -0.2) is 46.2 Å². The number of carbonyl (C=O) groups excluding carboxylic acids is 2. The van der Waals surface area contributed by atoms with Gasteiger partial charge < -0.3 is 34.2 Å². The van der Waals surface area contributed by atoms with Crippen molar-refractivity contribution >= 4 is 17.6 Å². The number of benzene rings is 3. The summed E-state index contributed by atoms with van der Waals surface area (Å²) in [5.74, 6) is -0.182. The minimum Gasteiger partial charge on any atom is -0.497 e. The first kappa shape index (κ1) is 28.6. The van der Waals surface area contributed by atoms with Crippen LogP contribution in [0.5, 0.6) is 23.0 Å². The fraction of sp³-hybridized carbons (Fsp3) is 0.355. The highest BCUT2D eigenvalue weighted by Crippen LogP contribution is 2.56. The number of hydrogen-bond donors (Lipinski definition) is 1. The van der Waals surface area contributed by atoms with Crippen LogP contribution in [0.1, 0.15) is 54.9 Å². The molecule has 9 heteroatoms. The molecule has 3 aromatic carbocycles. The van der Waals surface area contributed by atoms with E-state index in [2.05, 4.69) is 0 Å². The summed E-state index contributed by atoms with van der Waals surface area (Å²) < 4.78 is 32.8. The zero-order valence-corrected chi connectivity index (χ0v) is 23.4. The number of carbonyl (C=O) groups is 2. The van der Waals surface area contributed by atoms with Crippen LogP contribution in [0.4, 0.5) is 5.69 Å². The number of anilines is 1. The van der Waals surface area contributed by atoms with E-state index < -0.39 is 17.8 Å². The summed E-state index contributed by atoms with van der Waals surface area (Å²) in [6.07, 6.45) is 0. The highest BCUT2D eigenvalue weighted by atomic mass is 16.7. The summed E-state index contributed by atoms with van der Waals surface area (Å²) in [7, 11) is 2.92. The lowest BCUT2D eigenvalue weighted by atomic mass is 9.79. The molecule has 3 aromatic rings. The Bertz CT molecular complexity index is 1370. The Morgan fingerprint density at radius 2 is 1.65 bits per heavy atom. The summed E-state index contributed by atoms with van der Waals surface area (Å²) in [6.45, 7) is 5.82. The van der Waals surface area contributed by atoms with Gasteiger partial charge in [0.25, 0.3) is 0 Å². The Morgan fingerprint density at radius 3 is 2.38 bits per heavy atom. The summed E-state index contributed by atoms with van der Waals surface area (Å²) in [6, 6.07) is 16.7. The Kier molecular flexibility index (Phi) is 9.04. The van der Waals surface area contributed by atoms with Crippen molar-refractivity contribution in [3.63, 3.8) is 0 Å². The molecule has 9 nitrogen and oxygen atoms in total. The predicted octanol–water partition coefficient (Wildman–Crippen LogP) is 5.04. The van der Waals surface area contributed by atoms with Crippen molar-refractivity contribution in [2.24, 2.45) is 5.92 Å². The smallest absolute Gasteiger partial charge is 0.344 e. The monoisotopic (exact) mass is 549 g/mol. The standard InChI is InChI=1S/C29H29NO8.C2H6/c1-4-35-25(31)14-36-23-13-18(33-2)7-9-20(23)27-21-12-17(30)6-8-19(21)26(28(27)29(32)34-3)16-5-10-22-24(11-16)38-15-37-22;1-2/h5-13,26-28H,4,14-15,30H2,1-3H3;1-2H3. The molecular weight excluding hydrogens is 514 g/mol. The number of nitrogen functional groups attached to an aromatic ring is 1. The van der Waals surface area contributed by atoms with Crippen LogP contribution in [0, 0.1) is 5.92 Å². The van der Waals surface area contributed by atoms with Crippen molar-refractivity contribution in [2.75, 3.05) is 40.0 Å². The van der Waals surface area contributed by atoms with E-state index in [0.717, 1.165) is 16.7 Å². The summed E-state index contributed by atoms with van der Waals surface area (Å²) in [5.41, 5.74) is 10.2. The van der Waals surface area contributed by atoms with Gasteiger partial charge in [-0.05, 0) is 53.9 Å². The lowest BCUT2D eigenvalue weighted by Crippen LogP contribution is -2.26. The van der Waals surface area contributed by atoms with Crippen LogP contribution >= 0.6 is 0 Å². The van der Waals surface area contributed by atoms with Gasteiger partial charge in [0, 0.05) is 29.2 Å². The minimum absolute atomic E-state index is 0.145. The molecule has 1 aliphatic heterocycles. The number of fused-ring (bicyclic) bond motifs is 2. The van der Waals surface area contributed by atoms with E-state index in [1.807, 2.05) is 56.3 Å². The molecule has 5 rings (SSSR count). The zero-order chi connectivity index (χ0) is 28.8. The fourth-order valence-corrected chi connectivity index (χ4v) is 5.35. The van der Waals surface area contributed by atoms with Gasteiger partial charge >= 0.3 is 11.9 Å². The van der Waals surface area contributed by atoms with Gasteiger partial charge in [-0.1, -0.05) is 32.0 Å². The fourth-order valence-electron chi connectivity index (χ4n) is 5.35. The molecule has 3 atom stereocenters. The molecule has 2 N–H and O–H groups in total. The maximum absolute atomic E-state index is 13.5. The molecule has 40 heavy (non-hydrogen) atoms. The first-order valence-corrected chi connectivity index (χ1v) is 13.3. The molecule has 0 bridgehead atoms. The number of methoxy groups -OCH3 is 2. The molecule has 0 amide bonds. The third-order valence-electron chi connectivity index (χ3n) is 6.93. The number of esters is 2. The summed E-state index contributed by atoms with van der Waals surface area (Å²) >= 11 is 0. The van der Waals surface area contributed by atoms with Gasteiger partial charge in [-0.2, -0.15) is 0 Å². The molecule has 0 saturated carbocycles. The first-order chi connectivity index (χ1) is 19.4. The average molecular weight is 550 g/mol. The van der Waals surface area contributed by atoms with Crippen molar-refractivity contribution in [1.82, 2.24) is 0 Å². The van der Waals surface area contributed by atoms with E-state index in [9.17, 15) is 9.59 Å². The molecule has 0 aromatic heterocycles. The van der Waals surface area contributed by atoms with Crippen LogP contribution in [0.15, 0.2) is 54.6 Å². The van der Waals surface area contributed by atoms with E-state index in [1.54, 1.807) is 26.2 Å². The van der Waals surface area contributed by atoms with Gasteiger partial charge in [0.2, 0.25) is 6.79 Å². The topological polar surface area (TPSA) is 116 Å². The lowest BCUT2D eigenvalue weighted by Gasteiger charge is -2.26. The van der Waals surface area contributed by atoms with Crippen molar-refractivity contribution in [3.8, 4) is 23.0 Å². The van der Waals surface area contributed by atoms with Crippen molar-refractivity contribution < 1.29 is 38.0 Å². The second-order valence-corrected chi connectivity index (χ2v) is 9.00. The van der Waals surface area contributed by atoms with Gasteiger partial charge in [0.15, 0.2) is 18.1 Å². The van der Waals surface area contributed by atoms with Crippen molar-refractivity contribution in [3.05, 3.63) is 76.9 Å². The van der Waals surface area contributed by atoms with Crippen LogP contribution < -0.4 is 24.7 Å². The number of hydrogen-bond acceptors (Lipinski definition) is 9. The van der Waals surface area contributed by atoms with Gasteiger partial charge in [0.05, 0.1) is 26.7 Å². The molecule has 0 saturated heterocycles. The van der Waals surface area contributed by atoms with E-state index in [1.165, 1.54) is 7.11 Å². The maximum atomic E-state index is 13.5. The molecule has 0 radical (unpaired) electrons. The third-order valence-corrected chi connectivity index (χ3v) is 6.93. The zero-order valence-electron chi connectivity index (χ0n) is 23.4. The highest BCUT2D eigenvalue weighted by molar-refractivity contribution is 5.80. The van der Waals surface area contributed by atoms with Gasteiger partial charge in [0.1, 0.15) is 11.5 Å². The molecule has 1 aliphatic carbocycles. The second-order valence-electron chi connectivity index (χ2n) is 9.00. The Hall–Kier alpha value is -4.40. The van der Waals surface area contributed by atoms with Gasteiger partial charge in [-0.25, -0.2) is 4.79 Å². The van der Waals surface area contributed by atoms with Crippen LogP contribution in [-0.2, 0) is 19.1 Å². The summed E-state index contributed by atoms with van der Waals surface area (Å²) in [5, 5.41) is 0. The lowest BCUT2D eigenvalue weighted by molar-refractivity contribution is -0.147. The Labute approximate surface area is 234 Å². The van der Waals surface area contributed by atoms with E-state index >= 15 is 0 Å². The van der Waals surface area contributed by atoms with E-state index in [-0.39, 0.29) is 31.9 Å².